The van der Waals surface area contributed by atoms with Crippen molar-refractivity contribution in [3.8, 4) is 22.8 Å². The van der Waals surface area contributed by atoms with Gasteiger partial charge in [-0.25, -0.2) is 14.4 Å². The number of halogens is 1. The van der Waals surface area contributed by atoms with Crippen LogP contribution < -0.4 is 5.32 Å². The minimum atomic E-state index is -0.325. The number of aromatic nitrogens is 6. The molecular formula is C34H34FN7. The Morgan fingerprint density at radius 2 is 1.88 bits per heavy atom. The molecule has 0 saturated heterocycles. The Hall–Kier alpha value is -4.85. The standard InChI is InChI=1S/C34H34FN7/c1-4-23(20-26(5-2)37-21(3)18-22-10-7-6-8-11-22)27-14-15-29-32(38-27)33(42-41-29)34-39-28-16-17-36-30(31(28)40-34)24-12-9-13-25(35)19-24/h4-5,9,12-17,19-20,22,37H,2-3,6-8,10-11,18H2,1H3,(H,39,40)(H,41,42)/b23-4+,26-20+. The Kier molecular flexibility index (Phi) is 7.77. The number of nitrogens with zero attached hydrogens (tertiary/aromatic N) is 4. The average Bonchev–Trinajstić information content (AvgIpc) is 3.63. The van der Waals surface area contributed by atoms with E-state index in [0.717, 1.165) is 40.1 Å². The van der Waals surface area contributed by atoms with Gasteiger partial charge >= 0.3 is 0 Å². The van der Waals surface area contributed by atoms with Crippen LogP contribution in [-0.4, -0.2) is 30.1 Å². The molecule has 6 rings (SSSR count). The third-order valence-corrected chi connectivity index (χ3v) is 7.85. The third kappa shape index (κ3) is 5.65. The molecule has 7 nitrogen and oxygen atoms in total. The normalized spacial score (nSPS) is 14.9. The van der Waals surface area contributed by atoms with Gasteiger partial charge in [-0.1, -0.05) is 63.5 Å². The van der Waals surface area contributed by atoms with Gasteiger partial charge in [0.2, 0.25) is 0 Å². The maximum absolute atomic E-state index is 13.9. The zero-order chi connectivity index (χ0) is 29.1. The predicted molar refractivity (Wildman–Crippen MR) is 168 cm³/mol. The van der Waals surface area contributed by atoms with Gasteiger partial charge in [0.15, 0.2) is 11.5 Å². The van der Waals surface area contributed by atoms with Gasteiger partial charge in [0.25, 0.3) is 0 Å². The number of imidazole rings is 1. The Labute approximate surface area is 244 Å². The van der Waals surface area contributed by atoms with Crippen LogP contribution in [0.15, 0.2) is 91.4 Å². The first-order valence-corrected chi connectivity index (χ1v) is 14.4. The first-order chi connectivity index (χ1) is 20.5. The molecule has 4 heterocycles. The lowest BCUT2D eigenvalue weighted by molar-refractivity contribution is 0.353. The zero-order valence-electron chi connectivity index (χ0n) is 23.8. The molecule has 1 aliphatic rings. The molecule has 5 aromatic rings. The number of hydrogen-bond acceptors (Lipinski definition) is 5. The number of nitrogens with one attached hydrogen (secondary N) is 3. The molecule has 0 atom stereocenters. The van der Waals surface area contributed by atoms with Crippen LogP contribution in [0.2, 0.25) is 0 Å². The van der Waals surface area contributed by atoms with E-state index in [2.05, 4.69) is 38.6 Å². The van der Waals surface area contributed by atoms with Gasteiger partial charge in [0.1, 0.15) is 16.9 Å². The van der Waals surface area contributed by atoms with Gasteiger partial charge in [-0.2, -0.15) is 5.10 Å². The molecule has 1 saturated carbocycles. The molecule has 0 unspecified atom stereocenters. The van der Waals surface area contributed by atoms with Crippen LogP contribution in [0, 0.1) is 11.7 Å². The van der Waals surface area contributed by atoms with Crippen molar-refractivity contribution in [1.82, 2.24) is 35.5 Å². The van der Waals surface area contributed by atoms with Gasteiger partial charge in [-0.15, -0.1) is 0 Å². The summed E-state index contributed by atoms with van der Waals surface area (Å²) in [5.74, 6) is 0.930. The Morgan fingerprint density at radius 1 is 1.05 bits per heavy atom. The van der Waals surface area contributed by atoms with E-state index in [-0.39, 0.29) is 5.82 Å². The van der Waals surface area contributed by atoms with Crippen LogP contribution in [0.4, 0.5) is 4.39 Å². The number of hydrogen-bond donors (Lipinski definition) is 3. The molecule has 0 aliphatic heterocycles. The minimum Gasteiger partial charge on any atom is -0.359 e. The lowest BCUT2D eigenvalue weighted by Gasteiger charge is -2.23. The van der Waals surface area contributed by atoms with Gasteiger partial charge in [0.05, 0.1) is 22.4 Å². The second-order valence-electron chi connectivity index (χ2n) is 10.8. The van der Waals surface area contributed by atoms with Crippen LogP contribution in [-0.2, 0) is 0 Å². The van der Waals surface area contributed by atoms with Crippen molar-refractivity contribution in [1.29, 1.82) is 0 Å². The fraction of sp³-hybridized carbons (Fsp3) is 0.235. The number of fused-ring (bicyclic) bond motifs is 2. The maximum atomic E-state index is 13.9. The highest BCUT2D eigenvalue weighted by molar-refractivity contribution is 5.95. The van der Waals surface area contributed by atoms with E-state index in [1.54, 1.807) is 12.3 Å². The molecule has 0 spiro atoms. The van der Waals surface area contributed by atoms with E-state index in [1.165, 1.54) is 44.2 Å². The molecule has 1 aliphatic carbocycles. The van der Waals surface area contributed by atoms with Crippen molar-refractivity contribution in [2.45, 2.75) is 45.4 Å². The summed E-state index contributed by atoms with van der Waals surface area (Å²) in [6.45, 7) is 10.3. The van der Waals surface area contributed by atoms with E-state index in [1.807, 2.05) is 49.4 Å². The van der Waals surface area contributed by atoms with Crippen molar-refractivity contribution in [2.75, 3.05) is 0 Å². The fourth-order valence-electron chi connectivity index (χ4n) is 5.73. The highest BCUT2D eigenvalue weighted by Crippen LogP contribution is 2.31. The topological polar surface area (TPSA) is 95.2 Å². The molecule has 1 fully saturated rings. The minimum absolute atomic E-state index is 0.325. The number of aromatic amines is 2. The molecule has 0 radical (unpaired) electrons. The van der Waals surface area contributed by atoms with Gasteiger partial charge < -0.3 is 10.3 Å². The lowest BCUT2D eigenvalue weighted by Crippen LogP contribution is -2.16. The third-order valence-electron chi connectivity index (χ3n) is 7.85. The second kappa shape index (κ2) is 11.9. The number of rotatable bonds is 9. The van der Waals surface area contributed by atoms with E-state index in [9.17, 15) is 4.39 Å². The highest BCUT2D eigenvalue weighted by Gasteiger charge is 2.18. The van der Waals surface area contributed by atoms with Crippen LogP contribution in [0.25, 0.3) is 50.4 Å². The zero-order valence-corrected chi connectivity index (χ0v) is 23.8. The number of H-pyrrole nitrogens is 2. The lowest BCUT2D eigenvalue weighted by atomic mass is 9.86. The summed E-state index contributed by atoms with van der Waals surface area (Å²) >= 11 is 0. The molecule has 0 amide bonds. The van der Waals surface area contributed by atoms with Crippen molar-refractivity contribution >= 4 is 27.6 Å². The number of benzene rings is 1. The molecule has 8 heteroatoms. The first kappa shape index (κ1) is 27.3. The van der Waals surface area contributed by atoms with Crippen LogP contribution >= 0.6 is 0 Å². The predicted octanol–water partition coefficient (Wildman–Crippen LogP) is 8.25. The van der Waals surface area contributed by atoms with E-state index < -0.39 is 0 Å². The van der Waals surface area contributed by atoms with E-state index in [0.29, 0.717) is 39.7 Å². The first-order valence-electron chi connectivity index (χ1n) is 14.4. The monoisotopic (exact) mass is 559 g/mol. The van der Waals surface area contributed by atoms with Crippen LogP contribution in [0.1, 0.15) is 51.1 Å². The van der Waals surface area contributed by atoms with Crippen LogP contribution in [0.5, 0.6) is 0 Å². The highest BCUT2D eigenvalue weighted by atomic mass is 19.1. The second-order valence-corrected chi connectivity index (χ2v) is 10.8. The molecule has 3 N–H and O–H groups in total. The summed E-state index contributed by atoms with van der Waals surface area (Å²) in [7, 11) is 0. The SMILES string of the molecule is C=C/C(=C\C(=C/C)c1ccc2[nH]nc(-c3nc4c(-c5cccc(F)c5)nccc4[nH]3)c2n1)NC(=C)CC1CCCCC1. The van der Waals surface area contributed by atoms with Gasteiger partial charge in [0, 0.05) is 23.2 Å². The van der Waals surface area contributed by atoms with Crippen molar-refractivity contribution in [2.24, 2.45) is 5.92 Å². The van der Waals surface area contributed by atoms with E-state index >= 15 is 0 Å². The molecule has 4 aromatic heterocycles. The largest absolute Gasteiger partial charge is 0.359 e. The van der Waals surface area contributed by atoms with Gasteiger partial charge in [-0.05, 0) is 67.3 Å². The summed E-state index contributed by atoms with van der Waals surface area (Å²) < 4.78 is 13.9. The van der Waals surface area contributed by atoms with Gasteiger partial charge in [-0.3, -0.25) is 10.1 Å². The Balaban J connectivity index is 1.30. The molecule has 1 aromatic carbocycles. The fourth-order valence-corrected chi connectivity index (χ4v) is 5.73. The number of pyridine rings is 2. The molecular weight excluding hydrogens is 525 g/mol. The number of allylic oxidation sites excluding steroid dienone is 5. The van der Waals surface area contributed by atoms with Crippen molar-refractivity contribution in [3.05, 3.63) is 103 Å². The van der Waals surface area contributed by atoms with Crippen molar-refractivity contribution < 1.29 is 4.39 Å². The Bertz CT molecular complexity index is 1840. The van der Waals surface area contributed by atoms with E-state index in [4.69, 9.17) is 9.97 Å². The average molecular weight is 560 g/mol. The maximum Gasteiger partial charge on any atom is 0.161 e. The smallest absolute Gasteiger partial charge is 0.161 e. The van der Waals surface area contributed by atoms with Crippen LogP contribution in [0.3, 0.4) is 0 Å². The summed E-state index contributed by atoms with van der Waals surface area (Å²) in [5.41, 5.74) is 8.38. The Morgan fingerprint density at radius 3 is 2.67 bits per heavy atom. The molecule has 212 valence electrons. The summed E-state index contributed by atoms with van der Waals surface area (Å²) in [6.07, 6.45) is 15.1. The summed E-state index contributed by atoms with van der Waals surface area (Å²) in [4.78, 5) is 17.6. The summed E-state index contributed by atoms with van der Waals surface area (Å²) in [5, 5.41) is 11.1. The quantitative estimate of drug-likeness (QED) is 0.158. The molecule has 42 heavy (non-hydrogen) atoms. The molecule has 0 bridgehead atoms. The van der Waals surface area contributed by atoms with Crippen molar-refractivity contribution in [3.63, 3.8) is 0 Å². The summed E-state index contributed by atoms with van der Waals surface area (Å²) in [6, 6.07) is 12.1.